The zero-order chi connectivity index (χ0) is 22.8. The molecule has 0 aromatic rings. The lowest BCUT2D eigenvalue weighted by atomic mass is 10.0. The van der Waals surface area contributed by atoms with Crippen LogP contribution in [0, 0.1) is 0 Å². The van der Waals surface area contributed by atoms with Gasteiger partial charge in [0.2, 0.25) is 0 Å². The number of ketones is 1. The first-order valence-corrected chi connectivity index (χ1v) is 13.9. The van der Waals surface area contributed by atoms with Crippen LogP contribution in [0.5, 0.6) is 0 Å². The lowest BCUT2D eigenvalue weighted by Crippen LogP contribution is -2.05. The molecule has 1 N–H and O–H groups in total. The van der Waals surface area contributed by atoms with Crippen LogP contribution in [0.4, 0.5) is 0 Å². The number of carboxylic acid groups (broad SMARTS) is 1. The Balaban J connectivity index is 3.06. The molecular weight excluding hydrogens is 384 g/mol. The zero-order valence-electron chi connectivity index (χ0n) is 20.9. The molecule has 0 bridgehead atoms. The monoisotopic (exact) mass is 438 g/mol. The van der Waals surface area contributed by atoms with Gasteiger partial charge >= 0.3 is 5.97 Å². The topological polar surface area (TPSA) is 54.4 Å². The Hall–Kier alpha value is -0.860. The molecule has 184 valence electrons. The number of rotatable bonds is 26. The van der Waals surface area contributed by atoms with Crippen LogP contribution in [0.2, 0.25) is 0 Å². The molecule has 3 heteroatoms. The van der Waals surface area contributed by atoms with Crippen molar-refractivity contribution in [1.29, 1.82) is 0 Å². The minimum absolute atomic E-state index is 0.129. The molecule has 0 heterocycles. The molecule has 0 aliphatic heterocycles. The Kier molecular flexibility index (Phi) is 24.7. The molecule has 0 aromatic carbocycles. The molecule has 0 amide bonds. The maximum absolute atomic E-state index is 11.3. The highest BCUT2D eigenvalue weighted by Crippen LogP contribution is 2.15. The van der Waals surface area contributed by atoms with Crippen LogP contribution < -0.4 is 0 Å². The van der Waals surface area contributed by atoms with Crippen LogP contribution in [-0.4, -0.2) is 16.9 Å². The molecule has 0 rings (SSSR count). The number of Topliss-reactive ketones (excluding diaryl/α,β-unsaturated/α-hetero) is 1. The van der Waals surface area contributed by atoms with Gasteiger partial charge in [0, 0.05) is 6.42 Å². The first-order valence-electron chi connectivity index (χ1n) is 13.9. The Morgan fingerprint density at radius 3 is 0.968 bits per heavy atom. The van der Waals surface area contributed by atoms with Gasteiger partial charge in [-0.1, -0.05) is 148 Å². The van der Waals surface area contributed by atoms with Crippen molar-refractivity contribution in [2.75, 3.05) is 0 Å². The second kappa shape index (κ2) is 25.4. The molecule has 3 nitrogen and oxygen atoms in total. The van der Waals surface area contributed by atoms with Gasteiger partial charge in [-0.3, -0.25) is 9.59 Å². The number of hydrogen-bond acceptors (Lipinski definition) is 2. The van der Waals surface area contributed by atoms with E-state index in [4.69, 9.17) is 5.11 Å². The SMILES string of the molecule is CCCCCCCCCCCCCCCCCCCCCCCCCC(=O)CC(=O)O. The number of unbranched alkanes of at least 4 members (excludes halogenated alkanes) is 22. The van der Waals surface area contributed by atoms with E-state index in [-0.39, 0.29) is 12.2 Å². The molecule has 0 fully saturated rings. The van der Waals surface area contributed by atoms with Gasteiger partial charge in [-0.25, -0.2) is 0 Å². The largest absolute Gasteiger partial charge is 0.481 e. The maximum atomic E-state index is 11.3. The summed E-state index contributed by atoms with van der Waals surface area (Å²) in [5, 5.41) is 8.55. The standard InChI is InChI=1S/C28H54O3/c1-2-3-4-5-6-7-8-9-10-11-12-13-14-15-16-17-18-19-20-21-22-23-24-25-27(29)26-28(30)31/h2-26H2,1H3,(H,30,31). The van der Waals surface area contributed by atoms with E-state index >= 15 is 0 Å². The summed E-state index contributed by atoms with van der Waals surface area (Å²) in [6, 6.07) is 0. The Morgan fingerprint density at radius 2 is 0.710 bits per heavy atom. The van der Waals surface area contributed by atoms with Crippen molar-refractivity contribution in [3.63, 3.8) is 0 Å². The van der Waals surface area contributed by atoms with Gasteiger partial charge in [0.25, 0.3) is 0 Å². The molecule has 0 saturated carbocycles. The van der Waals surface area contributed by atoms with Crippen molar-refractivity contribution >= 4 is 11.8 Å². The molecular formula is C28H54O3. The molecule has 0 spiro atoms. The van der Waals surface area contributed by atoms with Crippen LogP contribution in [0.15, 0.2) is 0 Å². The quantitative estimate of drug-likeness (QED) is 0.108. The van der Waals surface area contributed by atoms with Gasteiger partial charge < -0.3 is 5.11 Å². The first kappa shape index (κ1) is 30.1. The zero-order valence-corrected chi connectivity index (χ0v) is 20.9. The molecule has 0 aliphatic rings. The predicted molar refractivity (Wildman–Crippen MR) is 134 cm³/mol. The predicted octanol–water partition coefficient (Wildman–Crippen LogP) is 9.41. The fourth-order valence-corrected chi connectivity index (χ4v) is 4.36. The third-order valence-corrected chi connectivity index (χ3v) is 6.41. The van der Waals surface area contributed by atoms with Crippen molar-refractivity contribution in [3.05, 3.63) is 0 Å². The van der Waals surface area contributed by atoms with Crippen LogP contribution in [0.3, 0.4) is 0 Å². The van der Waals surface area contributed by atoms with Gasteiger partial charge in [-0.15, -0.1) is 0 Å². The molecule has 0 radical (unpaired) electrons. The van der Waals surface area contributed by atoms with E-state index in [2.05, 4.69) is 6.92 Å². The molecule has 0 aliphatic carbocycles. The smallest absolute Gasteiger partial charge is 0.310 e. The third kappa shape index (κ3) is 27.1. The summed E-state index contributed by atoms with van der Waals surface area (Å²) in [6.07, 6.45) is 31.4. The second-order valence-electron chi connectivity index (χ2n) is 9.64. The Morgan fingerprint density at radius 1 is 0.452 bits per heavy atom. The van der Waals surface area contributed by atoms with E-state index in [1.54, 1.807) is 0 Å². The summed E-state index contributed by atoms with van der Waals surface area (Å²) in [5.41, 5.74) is 0. The third-order valence-electron chi connectivity index (χ3n) is 6.41. The van der Waals surface area contributed by atoms with Crippen molar-refractivity contribution in [2.24, 2.45) is 0 Å². The number of aliphatic carboxylic acids is 1. The molecule has 31 heavy (non-hydrogen) atoms. The summed E-state index contributed by atoms with van der Waals surface area (Å²) < 4.78 is 0. The van der Waals surface area contributed by atoms with E-state index in [0.29, 0.717) is 6.42 Å². The number of hydrogen-bond donors (Lipinski definition) is 1. The second-order valence-corrected chi connectivity index (χ2v) is 9.64. The highest BCUT2D eigenvalue weighted by atomic mass is 16.4. The van der Waals surface area contributed by atoms with Crippen molar-refractivity contribution < 1.29 is 14.7 Å². The van der Waals surface area contributed by atoms with E-state index < -0.39 is 5.97 Å². The Labute approximate surface area is 194 Å². The summed E-state index contributed by atoms with van der Waals surface area (Å²) in [7, 11) is 0. The minimum atomic E-state index is -1.00. The first-order chi connectivity index (χ1) is 15.2. The molecule has 0 atom stereocenters. The molecule has 0 aromatic heterocycles. The van der Waals surface area contributed by atoms with E-state index in [1.807, 2.05) is 0 Å². The molecule has 0 saturated heterocycles. The Bertz CT molecular complexity index is 392. The van der Waals surface area contributed by atoms with Gasteiger partial charge in [0.15, 0.2) is 0 Å². The number of carboxylic acids is 1. The normalized spacial score (nSPS) is 11.1. The van der Waals surface area contributed by atoms with E-state index in [0.717, 1.165) is 12.8 Å². The van der Waals surface area contributed by atoms with Crippen molar-refractivity contribution in [1.82, 2.24) is 0 Å². The maximum Gasteiger partial charge on any atom is 0.310 e. The fraction of sp³-hybridized carbons (Fsp3) is 0.929. The number of carbonyl (C=O) groups is 2. The fourth-order valence-electron chi connectivity index (χ4n) is 4.36. The minimum Gasteiger partial charge on any atom is -0.481 e. The van der Waals surface area contributed by atoms with Crippen LogP contribution in [0.1, 0.15) is 167 Å². The highest BCUT2D eigenvalue weighted by Gasteiger charge is 2.06. The van der Waals surface area contributed by atoms with Gasteiger partial charge in [-0.05, 0) is 6.42 Å². The lowest BCUT2D eigenvalue weighted by Gasteiger charge is -2.04. The number of carbonyl (C=O) groups excluding carboxylic acids is 1. The molecule has 0 unspecified atom stereocenters. The van der Waals surface area contributed by atoms with Gasteiger partial charge in [-0.2, -0.15) is 0 Å². The average Bonchev–Trinajstić information content (AvgIpc) is 2.73. The van der Waals surface area contributed by atoms with E-state index in [9.17, 15) is 9.59 Å². The highest BCUT2D eigenvalue weighted by molar-refractivity contribution is 5.94. The van der Waals surface area contributed by atoms with Gasteiger partial charge in [0.1, 0.15) is 12.2 Å². The van der Waals surface area contributed by atoms with Crippen LogP contribution >= 0.6 is 0 Å². The van der Waals surface area contributed by atoms with Gasteiger partial charge in [0.05, 0.1) is 0 Å². The van der Waals surface area contributed by atoms with E-state index in [1.165, 1.54) is 135 Å². The van der Waals surface area contributed by atoms with Crippen LogP contribution in [0.25, 0.3) is 0 Å². The van der Waals surface area contributed by atoms with Crippen molar-refractivity contribution in [2.45, 2.75) is 167 Å². The summed E-state index contributed by atoms with van der Waals surface area (Å²) in [5.74, 6) is -1.13. The lowest BCUT2D eigenvalue weighted by molar-refractivity contribution is -0.140. The average molecular weight is 439 g/mol. The summed E-state index contributed by atoms with van der Waals surface area (Å²) in [6.45, 7) is 2.29. The summed E-state index contributed by atoms with van der Waals surface area (Å²) in [4.78, 5) is 21.7. The van der Waals surface area contributed by atoms with Crippen LogP contribution in [-0.2, 0) is 9.59 Å². The summed E-state index contributed by atoms with van der Waals surface area (Å²) >= 11 is 0. The van der Waals surface area contributed by atoms with Crippen molar-refractivity contribution in [3.8, 4) is 0 Å².